The fourth-order valence-electron chi connectivity index (χ4n) is 3.46. The van der Waals surface area contributed by atoms with Crippen molar-refractivity contribution in [2.24, 2.45) is 0 Å². The minimum absolute atomic E-state index is 0.267. The minimum atomic E-state index is 0.267. The van der Waals surface area contributed by atoms with Gasteiger partial charge in [0.25, 0.3) is 0 Å². The zero-order valence-corrected chi connectivity index (χ0v) is 14.4. The number of anilines is 1. The molecule has 1 saturated heterocycles. The molecule has 5 heteroatoms. The molecule has 1 atom stereocenters. The van der Waals surface area contributed by atoms with E-state index in [4.69, 9.17) is 4.74 Å². The predicted molar refractivity (Wildman–Crippen MR) is 94.5 cm³/mol. The molecule has 1 unspecified atom stereocenters. The third-order valence-electron chi connectivity index (χ3n) is 4.57. The van der Waals surface area contributed by atoms with Gasteiger partial charge in [-0.2, -0.15) is 0 Å². The first-order valence-electron chi connectivity index (χ1n) is 8.41. The summed E-state index contributed by atoms with van der Waals surface area (Å²) in [6, 6.07) is 8.37. The molecule has 4 rings (SSSR count). The summed E-state index contributed by atoms with van der Waals surface area (Å²) in [6.07, 6.45) is 5.92. The van der Waals surface area contributed by atoms with Crippen molar-refractivity contribution in [3.05, 3.63) is 40.9 Å². The summed E-state index contributed by atoms with van der Waals surface area (Å²) < 4.78 is 6.04. The minimum Gasteiger partial charge on any atom is -0.488 e. The lowest BCUT2D eigenvalue weighted by Crippen LogP contribution is -2.31. The molecule has 0 saturated carbocycles. The monoisotopic (exact) mass is 329 g/mol. The first kappa shape index (κ1) is 15.0. The normalized spacial score (nSPS) is 20.1. The number of para-hydroxylation sites is 1. The molecule has 0 N–H and O–H groups in total. The standard InChI is InChI=1S/C18H23N3OS/c1-20(12-15-10-14-6-2-3-7-17(14)22-15)13-16-11-19-18(23-16)21-8-4-5-9-21/h2-3,6-7,11,15H,4-5,8-10,12-13H2,1H3. The SMILES string of the molecule is CN(Cc1cnc(N2CCCC2)s1)CC1Cc2ccccc2O1. The van der Waals surface area contributed by atoms with Crippen LogP contribution in [0.15, 0.2) is 30.5 Å². The summed E-state index contributed by atoms with van der Waals surface area (Å²) >= 11 is 1.84. The highest BCUT2D eigenvalue weighted by atomic mass is 32.1. The van der Waals surface area contributed by atoms with E-state index < -0.39 is 0 Å². The van der Waals surface area contributed by atoms with Crippen molar-refractivity contribution in [2.75, 3.05) is 31.6 Å². The summed E-state index contributed by atoms with van der Waals surface area (Å²) in [4.78, 5) is 10.7. The lowest BCUT2D eigenvalue weighted by Gasteiger charge is -2.20. The van der Waals surface area contributed by atoms with Crippen molar-refractivity contribution in [3.63, 3.8) is 0 Å². The molecule has 0 bridgehead atoms. The summed E-state index contributed by atoms with van der Waals surface area (Å²) in [5.41, 5.74) is 1.33. The van der Waals surface area contributed by atoms with Crippen molar-refractivity contribution in [2.45, 2.75) is 31.9 Å². The van der Waals surface area contributed by atoms with Gasteiger partial charge in [0.1, 0.15) is 11.9 Å². The first-order chi connectivity index (χ1) is 11.3. The van der Waals surface area contributed by atoms with Crippen molar-refractivity contribution in [1.82, 2.24) is 9.88 Å². The molecule has 2 aliphatic rings. The van der Waals surface area contributed by atoms with Crippen LogP contribution in [0.5, 0.6) is 5.75 Å². The largest absolute Gasteiger partial charge is 0.488 e. The van der Waals surface area contributed by atoms with E-state index in [9.17, 15) is 0 Å². The van der Waals surface area contributed by atoms with Crippen LogP contribution in [0.1, 0.15) is 23.3 Å². The molecule has 0 amide bonds. The molecule has 0 aliphatic carbocycles. The number of aromatic nitrogens is 1. The lowest BCUT2D eigenvalue weighted by atomic mass is 10.1. The average Bonchev–Trinajstić information content (AvgIpc) is 3.26. The molecule has 1 aromatic heterocycles. The molecule has 0 radical (unpaired) electrons. The van der Waals surface area contributed by atoms with Gasteiger partial charge < -0.3 is 9.64 Å². The number of hydrogen-bond acceptors (Lipinski definition) is 5. The Morgan fingerprint density at radius 3 is 2.96 bits per heavy atom. The molecule has 23 heavy (non-hydrogen) atoms. The number of likely N-dealkylation sites (N-methyl/N-ethyl adjacent to an activating group) is 1. The Bertz CT molecular complexity index is 641. The average molecular weight is 329 g/mol. The van der Waals surface area contributed by atoms with E-state index in [0.717, 1.165) is 38.3 Å². The Hall–Kier alpha value is -1.59. The van der Waals surface area contributed by atoms with Gasteiger partial charge in [0.2, 0.25) is 0 Å². The maximum atomic E-state index is 6.04. The highest BCUT2D eigenvalue weighted by Crippen LogP contribution is 2.29. The second kappa shape index (κ2) is 6.49. The van der Waals surface area contributed by atoms with Crippen LogP contribution in [0.2, 0.25) is 0 Å². The third kappa shape index (κ3) is 3.35. The van der Waals surface area contributed by atoms with Crippen LogP contribution in [0.3, 0.4) is 0 Å². The molecule has 1 aromatic carbocycles. The molecule has 0 spiro atoms. The van der Waals surface area contributed by atoms with Crippen LogP contribution < -0.4 is 9.64 Å². The maximum Gasteiger partial charge on any atom is 0.185 e. The molecular weight excluding hydrogens is 306 g/mol. The Labute approximate surface area is 141 Å². The van der Waals surface area contributed by atoms with Gasteiger partial charge in [-0.05, 0) is 31.5 Å². The van der Waals surface area contributed by atoms with Gasteiger partial charge >= 0.3 is 0 Å². The van der Waals surface area contributed by atoms with E-state index in [1.807, 2.05) is 23.6 Å². The van der Waals surface area contributed by atoms with Gasteiger partial charge in [-0.3, -0.25) is 4.90 Å². The number of benzene rings is 1. The van der Waals surface area contributed by atoms with Gasteiger partial charge in [-0.15, -0.1) is 11.3 Å². The number of nitrogens with zero attached hydrogens (tertiary/aromatic N) is 3. The van der Waals surface area contributed by atoms with Crippen molar-refractivity contribution >= 4 is 16.5 Å². The Morgan fingerprint density at radius 1 is 1.30 bits per heavy atom. The van der Waals surface area contributed by atoms with E-state index >= 15 is 0 Å². The Balaban J connectivity index is 1.31. The fourth-order valence-corrected chi connectivity index (χ4v) is 4.50. The highest BCUT2D eigenvalue weighted by Gasteiger charge is 2.24. The third-order valence-corrected chi connectivity index (χ3v) is 5.62. The molecule has 122 valence electrons. The lowest BCUT2D eigenvalue weighted by molar-refractivity contribution is 0.165. The van der Waals surface area contributed by atoms with Gasteiger partial charge in [0.15, 0.2) is 5.13 Å². The van der Waals surface area contributed by atoms with Crippen molar-refractivity contribution in [3.8, 4) is 5.75 Å². The van der Waals surface area contributed by atoms with Crippen molar-refractivity contribution < 1.29 is 4.74 Å². The number of rotatable bonds is 5. The van der Waals surface area contributed by atoms with E-state index in [2.05, 4.69) is 40.0 Å². The number of fused-ring (bicyclic) bond motifs is 1. The van der Waals surface area contributed by atoms with E-state index in [0.29, 0.717) is 0 Å². The van der Waals surface area contributed by atoms with Gasteiger partial charge in [-0.1, -0.05) is 18.2 Å². The zero-order valence-electron chi connectivity index (χ0n) is 13.6. The molecule has 2 aliphatic heterocycles. The van der Waals surface area contributed by atoms with E-state index in [1.54, 1.807) is 0 Å². The number of hydrogen-bond donors (Lipinski definition) is 0. The van der Waals surface area contributed by atoms with Gasteiger partial charge in [0, 0.05) is 43.7 Å². The van der Waals surface area contributed by atoms with Crippen molar-refractivity contribution in [1.29, 1.82) is 0 Å². The highest BCUT2D eigenvalue weighted by molar-refractivity contribution is 7.15. The molecular formula is C18H23N3OS. The number of thiazole rings is 1. The molecule has 3 heterocycles. The first-order valence-corrected chi connectivity index (χ1v) is 9.22. The van der Waals surface area contributed by atoms with E-state index in [1.165, 1.54) is 28.4 Å². The van der Waals surface area contributed by atoms with Crippen LogP contribution >= 0.6 is 11.3 Å². The van der Waals surface area contributed by atoms with Crippen LogP contribution in [0.25, 0.3) is 0 Å². The molecule has 4 nitrogen and oxygen atoms in total. The summed E-state index contributed by atoms with van der Waals surface area (Å²) in [5.74, 6) is 1.06. The van der Waals surface area contributed by atoms with Crippen LogP contribution in [0, 0.1) is 0 Å². The smallest absolute Gasteiger partial charge is 0.185 e. The fraction of sp³-hybridized carbons (Fsp3) is 0.500. The number of ether oxygens (including phenoxy) is 1. The second-order valence-electron chi connectivity index (χ2n) is 6.55. The van der Waals surface area contributed by atoms with Gasteiger partial charge in [0.05, 0.1) is 0 Å². The summed E-state index contributed by atoms with van der Waals surface area (Å²) in [6.45, 7) is 4.22. The van der Waals surface area contributed by atoms with Crippen LogP contribution in [0.4, 0.5) is 5.13 Å². The zero-order chi connectivity index (χ0) is 15.6. The Morgan fingerprint density at radius 2 is 2.13 bits per heavy atom. The molecule has 1 fully saturated rings. The predicted octanol–water partition coefficient (Wildman–Crippen LogP) is 3.18. The molecule has 2 aromatic rings. The quantitative estimate of drug-likeness (QED) is 0.842. The summed E-state index contributed by atoms with van der Waals surface area (Å²) in [7, 11) is 2.17. The summed E-state index contributed by atoms with van der Waals surface area (Å²) in [5, 5.41) is 1.19. The second-order valence-corrected chi connectivity index (χ2v) is 7.65. The topological polar surface area (TPSA) is 28.6 Å². The van der Waals surface area contributed by atoms with Gasteiger partial charge in [-0.25, -0.2) is 4.98 Å². The van der Waals surface area contributed by atoms with E-state index in [-0.39, 0.29) is 6.10 Å². The van der Waals surface area contributed by atoms with Crippen LogP contribution in [-0.4, -0.2) is 42.7 Å². The maximum absolute atomic E-state index is 6.04. The van der Waals surface area contributed by atoms with Crippen LogP contribution in [-0.2, 0) is 13.0 Å². The Kier molecular flexibility index (Phi) is 4.23.